The van der Waals surface area contributed by atoms with E-state index in [-0.39, 0.29) is 0 Å². The first-order valence-electron chi connectivity index (χ1n) is 7.19. The Morgan fingerprint density at radius 1 is 1.00 bits per heavy atom. The van der Waals surface area contributed by atoms with Crippen LogP contribution in [0.1, 0.15) is 54.4 Å². The highest BCUT2D eigenvalue weighted by Crippen LogP contribution is 2.41. The normalized spacial score (nSPS) is 18.9. The van der Waals surface area contributed by atoms with Crippen LogP contribution in [0.2, 0.25) is 0 Å². The van der Waals surface area contributed by atoms with Gasteiger partial charge < -0.3 is 0 Å². The molecule has 1 saturated carbocycles. The van der Waals surface area contributed by atoms with E-state index in [9.17, 15) is 0 Å². The van der Waals surface area contributed by atoms with Crippen LogP contribution in [0.3, 0.4) is 0 Å². The molecule has 0 heterocycles. The summed E-state index contributed by atoms with van der Waals surface area (Å²) in [6.07, 6.45) is 8.30. The van der Waals surface area contributed by atoms with E-state index in [1.165, 1.54) is 55.2 Å². The van der Waals surface area contributed by atoms with Crippen LogP contribution < -0.4 is 0 Å². The van der Waals surface area contributed by atoms with Gasteiger partial charge in [0.2, 0.25) is 0 Å². The van der Waals surface area contributed by atoms with E-state index in [4.69, 9.17) is 0 Å². The van der Waals surface area contributed by atoms with Gasteiger partial charge in [-0.25, -0.2) is 0 Å². The molecule has 1 aromatic carbocycles. The van der Waals surface area contributed by atoms with Crippen molar-refractivity contribution in [2.24, 2.45) is 5.41 Å². The molecule has 0 bridgehead atoms. The van der Waals surface area contributed by atoms with Gasteiger partial charge in [0.15, 0.2) is 0 Å². The first kappa shape index (κ1) is 14.1. The number of alkyl halides is 1. The summed E-state index contributed by atoms with van der Waals surface area (Å²) in [5.74, 6) is 0. The van der Waals surface area contributed by atoms with Crippen molar-refractivity contribution in [1.82, 2.24) is 0 Å². The highest BCUT2D eigenvalue weighted by Gasteiger charge is 2.31. The lowest BCUT2D eigenvalue weighted by molar-refractivity contribution is 0.222. The van der Waals surface area contributed by atoms with E-state index in [1.54, 1.807) is 5.56 Å². The molecule has 0 nitrogen and oxygen atoms in total. The number of rotatable bonds is 3. The quantitative estimate of drug-likeness (QED) is 0.647. The third-order valence-electron chi connectivity index (χ3n) is 4.59. The average molecular weight is 309 g/mol. The molecule has 0 unspecified atom stereocenters. The number of halogens is 1. The van der Waals surface area contributed by atoms with Crippen molar-refractivity contribution in [3.8, 4) is 0 Å². The Labute approximate surface area is 120 Å². The molecule has 18 heavy (non-hydrogen) atoms. The Morgan fingerprint density at radius 2 is 1.56 bits per heavy atom. The van der Waals surface area contributed by atoms with E-state index in [1.807, 2.05) is 0 Å². The van der Waals surface area contributed by atoms with Crippen LogP contribution in [-0.2, 0) is 6.42 Å². The van der Waals surface area contributed by atoms with Crippen molar-refractivity contribution >= 4 is 15.9 Å². The third-order valence-corrected chi connectivity index (χ3v) is 5.78. The van der Waals surface area contributed by atoms with Crippen LogP contribution >= 0.6 is 15.9 Å². The van der Waals surface area contributed by atoms with Gasteiger partial charge in [0.25, 0.3) is 0 Å². The van der Waals surface area contributed by atoms with Gasteiger partial charge >= 0.3 is 0 Å². The Balaban J connectivity index is 2.27. The monoisotopic (exact) mass is 308 g/mol. The van der Waals surface area contributed by atoms with E-state index < -0.39 is 0 Å². The molecule has 0 aromatic heterocycles. The summed E-state index contributed by atoms with van der Waals surface area (Å²) in [4.78, 5) is 0. The fourth-order valence-electron chi connectivity index (χ4n) is 3.52. The summed E-state index contributed by atoms with van der Waals surface area (Å²) >= 11 is 3.79. The van der Waals surface area contributed by atoms with Crippen LogP contribution in [0.5, 0.6) is 0 Å². The second kappa shape index (κ2) is 5.77. The summed E-state index contributed by atoms with van der Waals surface area (Å²) < 4.78 is 0. The van der Waals surface area contributed by atoms with Gasteiger partial charge in [-0.15, -0.1) is 0 Å². The lowest BCUT2D eigenvalue weighted by Crippen LogP contribution is -2.29. The average Bonchev–Trinajstić information content (AvgIpc) is 2.35. The Hall–Kier alpha value is -0.300. The van der Waals surface area contributed by atoms with Crippen LogP contribution in [0.15, 0.2) is 12.1 Å². The first-order valence-corrected chi connectivity index (χ1v) is 8.31. The summed E-state index contributed by atoms with van der Waals surface area (Å²) in [6.45, 7) is 6.75. The van der Waals surface area contributed by atoms with Gasteiger partial charge in [-0.3, -0.25) is 0 Å². The lowest BCUT2D eigenvalue weighted by atomic mass is 9.71. The van der Waals surface area contributed by atoms with E-state index in [0.29, 0.717) is 5.41 Å². The minimum atomic E-state index is 0.517. The Bertz CT molecular complexity index is 391. The number of benzene rings is 1. The van der Waals surface area contributed by atoms with Crippen molar-refractivity contribution < 1.29 is 0 Å². The standard InChI is InChI=1S/C17H25Br/c1-13-9-14(2)16(15(3)10-13)11-17(12-18)7-5-4-6-8-17/h9-10H,4-8,11-12H2,1-3H3. The van der Waals surface area contributed by atoms with Crippen molar-refractivity contribution in [3.63, 3.8) is 0 Å². The molecule has 0 atom stereocenters. The van der Waals surface area contributed by atoms with Gasteiger partial charge in [0, 0.05) is 5.33 Å². The first-order chi connectivity index (χ1) is 8.56. The van der Waals surface area contributed by atoms with Gasteiger partial charge in [-0.2, -0.15) is 0 Å². The lowest BCUT2D eigenvalue weighted by Gasteiger charge is -2.37. The van der Waals surface area contributed by atoms with E-state index in [2.05, 4.69) is 48.8 Å². The molecule has 1 heteroatoms. The second-order valence-electron chi connectivity index (χ2n) is 6.25. The molecule has 1 aromatic rings. The zero-order valence-corrected chi connectivity index (χ0v) is 13.6. The molecule has 1 aliphatic carbocycles. The highest BCUT2D eigenvalue weighted by molar-refractivity contribution is 9.09. The molecule has 100 valence electrons. The van der Waals surface area contributed by atoms with Crippen LogP contribution in [-0.4, -0.2) is 5.33 Å². The molecule has 1 aliphatic rings. The zero-order chi connectivity index (χ0) is 13.2. The maximum absolute atomic E-state index is 3.79. The van der Waals surface area contributed by atoms with Gasteiger partial charge in [0.1, 0.15) is 0 Å². The van der Waals surface area contributed by atoms with Crippen molar-refractivity contribution in [2.45, 2.75) is 59.3 Å². The molecule has 0 saturated heterocycles. The van der Waals surface area contributed by atoms with E-state index >= 15 is 0 Å². The molecule has 0 spiro atoms. The number of hydrogen-bond acceptors (Lipinski definition) is 0. The minimum absolute atomic E-state index is 0.517. The maximum atomic E-state index is 3.79. The van der Waals surface area contributed by atoms with Gasteiger partial charge in [-0.05, 0) is 62.1 Å². The second-order valence-corrected chi connectivity index (χ2v) is 6.81. The zero-order valence-electron chi connectivity index (χ0n) is 12.0. The fourth-order valence-corrected chi connectivity index (χ4v) is 4.28. The summed E-state index contributed by atoms with van der Waals surface area (Å²) in [5, 5.41) is 1.16. The van der Waals surface area contributed by atoms with Crippen LogP contribution in [0.4, 0.5) is 0 Å². The molecule has 0 radical (unpaired) electrons. The number of hydrogen-bond donors (Lipinski definition) is 0. The van der Waals surface area contributed by atoms with Crippen LogP contribution in [0.25, 0.3) is 0 Å². The highest BCUT2D eigenvalue weighted by atomic mass is 79.9. The summed E-state index contributed by atoms with van der Waals surface area (Å²) in [7, 11) is 0. The topological polar surface area (TPSA) is 0 Å². The van der Waals surface area contributed by atoms with Crippen molar-refractivity contribution in [3.05, 3.63) is 34.4 Å². The SMILES string of the molecule is Cc1cc(C)c(CC2(CBr)CCCCC2)c(C)c1. The van der Waals surface area contributed by atoms with E-state index in [0.717, 1.165) is 5.33 Å². The molecular formula is C17H25Br. The van der Waals surface area contributed by atoms with Gasteiger partial charge in [0.05, 0.1) is 0 Å². The molecular weight excluding hydrogens is 284 g/mol. The largest absolute Gasteiger partial charge is 0.0922 e. The van der Waals surface area contributed by atoms with Crippen molar-refractivity contribution in [1.29, 1.82) is 0 Å². The summed E-state index contributed by atoms with van der Waals surface area (Å²) in [6, 6.07) is 4.68. The van der Waals surface area contributed by atoms with Crippen LogP contribution in [0, 0.1) is 26.2 Å². The fraction of sp³-hybridized carbons (Fsp3) is 0.647. The van der Waals surface area contributed by atoms with Gasteiger partial charge in [-0.1, -0.05) is 52.9 Å². The third kappa shape index (κ3) is 2.99. The smallest absolute Gasteiger partial charge is 0.00911 e. The summed E-state index contributed by atoms with van der Waals surface area (Å²) in [5.41, 5.74) is 6.48. The molecule has 2 rings (SSSR count). The molecule has 0 amide bonds. The molecule has 1 fully saturated rings. The number of aryl methyl sites for hydroxylation is 3. The predicted octanol–water partition coefficient (Wildman–Crippen LogP) is 5.50. The van der Waals surface area contributed by atoms with Crippen molar-refractivity contribution in [2.75, 3.05) is 5.33 Å². The predicted molar refractivity (Wildman–Crippen MR) is 83.7 cm³/mol. The maximum Gasteiger partial charge on any atom is 0.00911 e. The Morgan fingerprint density at radius 3 is 2.06 bits per heavy atom. The minimum Gasteiger partial charge on any atom is -0.0922 e. The molecule has 0 N–H and O–H groups in total. The Kier molecular flexibility index (Phi) is 4.53. The molecule has 0 aliphatic heterocycles.